The van der Waals surface area contributed by atoms with Gasteiger partial charge in [-0.1, -0.05) is 56.3 Å². The number of fused-ring (bicyclic) bond motifs is 4. The van der Waals surface area contributed by atoms with Crippen LogP contribution in [-0.4, -0.2) is 19.6 Å². The second-order valence-electron chi connectivity index (χ2n) is 8.42. The summed E-state index contributed by atoms with van der Waals surface area (Å²) < 4.78 is 13.3. The number of nitrogens with zero attached hydrogens (tertiary/aromatic N) is 2. The first-order valence-electron chi connectivity index (χ1n) is 10.5. The molecular weight excluding hydrogens is 388 g/mol. The van der Waals surface area contributed by atoms with Gasteiger partial charge in [-0.25, -0.2) is 0 Å². The molecule has 0 N–H and O–H groups in total. The molecule has 0 saturated carbocycles. The van der Waals surface area contributed by atoms with Crippen LogP contribution in [0.3, 0.4) is 0 Å². The normalized spacial score (nSPS) is 16.2. The van der Waals surface area contributed by atoms with Crippen molar-refractivity contribution in [3.05, 3.63) is 77.8 Å². The van der Waals surface area contributed by atoms with E-state index in [1.165, 1.54) is 16.3 Å². The minimum Gasteiger partial charge on any atom is -0.466 e. The SMILES string of the molecule is C[n+]1c(/C=C2/N(CCOC=O)c3ccc4ccccc4c3C2(C)C)oc2ccccc21. The van der Waals surface area contributed by atoms with Crippen molar-refractivity contribution in [1.29, 1.82) is 0 Å². The Kier molecular flexibility index (Phi) is 4.54. The van der Waals surface area contributed by atoms with Crippen molar-refractivity contribution in [2.45, 2.75) is 19.3 Å². The van der Waals surface area contributed by atoms with Gasteiger partial charge in [-0.3, -0.25) is 4.79 Å². The number of rotatable bonds is 5. The van der Waals surface area contributed by atoms with E-state index in [2.05, 4.69) is 71.9 Å². The van der Waals surface area contributed by atoms with Gasteiger partial charge in [0.25, 0.3) is 12.0 Å². The molecule has 1 aliphatic rings. The number of allylic oxidation sites excluding steroid dienone is 1. The molecule has 5 nitrogen and oxygen atoms in total. The van der Waals surface area contributed by atoms with Crippen LogP contribution < -0.4 is 9.47 Å². The molecule has 0 atom stereocenters. The number of benzene rings is 3. The fraction of sp³-hybridized carbons (Fsp3) is 0.231. The minimum absolute atomic E-state index is 0.261. The van der Waals surface area contributed by atoms with Gasteiger partial charge in [-0.2, -0.15) is 4.57 Å². The van der Waals surface area contributed by atoms with Crippen LogP contribution in [0.2, 0.25) is 0 Å². The Morgan fingerprint density at radius 1 is 1.06 bits per heavy atom. The zero-order chi connectivity index (χ0) is 21.6. The third kappa shape index (κ3) is 3.00. The van der Waals surface area contributed by atoms with Gasteiger partial charge < -0.3 is 14.1 Å². The molecule has 0 spiro atoms. The summed E-state index contributed by atoms with van der Waals surface area (Å²) in [4.78, 5) is 13.0. The van der Waals surface area contributed by atoms with E-state index in [1.54, 1.807) is 0 Å². The average Bonchev–Trinajstić information content (AvgIpc) is 3.20. The van der Waals surface area contributed by atoms with Crippen molar-refractivity contribution in [2.24, 2.45) is 7.05 Å². The van der Waals surface area contributed by atoms with E-state index < -0.39 is 0 Å². The van der Waals surface area contributed by atoms with Gasteiger partial charge in [0.2, 0.25) is 5.58 Å². The van der Waals surface area contributed by atoms with E-state index in [4.69, 9.17) is 9.15 Å². The van der Waals surface area contributed by atoms with E-state index in [-0.39, 0.29) is 5.41 Å². The lowest BCUT2D eigenvalue weighted by Crippen LogP contribution is -2.32. The van der Waals surface area contributed by atoms with Crippen molar-refractivity contribution < 1.29 is 18.5 Å². The molecular formula is C26H25N2O3+. The van der Waals surface area contributed by atoms with E-state index in [1.807, 2.05) is 25.2 Å². The number of carbonyl (C=O) groups excluding carboxylic acids is 1. The van der Waals surface area contributed by atoms with Crippen LogP contribution in [0.15, 0.2) is 70.8 Å². The van der Waals surface area contributed by atoms with Crippen LogP contribution >= 0.6 is 0 Å². The molecule has 0 bridgehead atoms. The molecule has 0 unspecified atom stereocenters. The van der Waals surface area contributed by atoms with Gasteiger partial charge in [-0.05, 0) is 28.5 Å². The highest BCUT2D eigenvalue weighted by atomic mass is 16.5. The van der Waals surface area contributed by atoms with Crippen molar-refractivity contribution in [1.82, 2.24) is 0 Å². The summed E-state index contributed by atoms with van der Waals surface area (Å²) in [5.74, 6) is 0.780. The first kappa shape index (κ1) is 19.4. The number of anilines is 1. The highest BCUT2D eigenvalue weighted by Crippen LogP contribution is 2.51. The fourth-order valence-electron chi connectivity index (χ4n) is 4.79. The number of hydrogen-bond acceptors (Lipinski definition) is 4. The smallest absolute Gasteiger partial charge is 0.375 e. The van der Waals surface area contributed by atoms with Crippen LogP contribution in [0.1, 0.15) is 25.3 Å². The van der Waals surface area contributed by atoms with Gasteiger partial charge in [-0.15, -0.1) is 0 Å². The van der Waals surface area contributed by atoms with E-state index in [9.17, 15) is 4.79 Å². The monoisotopic (exact) mass is 413 g/mol. The molecule has 0 saturated heterocycles. The molecule has 1 aliphatic heterocycles. The Morgan fingerprint density at radius 3 is 2.65 bits per heavy atom. The summed E-state index contributed by atoms with van der Waals surface area (Å²) in [7, 11) is 2.02. The third-order valence-corrected chi connectivity index (χ3v) is 6.29. The zero-order valence-electron chi connectivity index (χ0n) is 18.0. The summed E-state index contributed by atoms with van der Waals surface area (Å²) in [6, 6.07) is 20.8. The maximum Gasteiger partial charge on any atom is 0.375 e. The lowest BCUT2D eigenvalue weighted by Gasteiger charge is -2.26. The van der Waals surface area contributed by atoms with Gasteiger partial charge in [0.05, 0.1) is 12.6 Å². The summed E-state index contributed by atoms with van der Waals surface area (Å²) in [6.07, 6.45) is 2.12. The highest BCUT2D eigenvalue weighted by molar-refractivity contribution is 5.95. The number of para-hydroxylation sites is 2. The number of ether oxygens (including phenoxy) is 1. The average molecular weight is 413 g/mol. The minimum atomic E-state index is -0.261. The summed E-state index contributed by atoms with van der Waals surface area (Å²) in [6.45, 7) is 5.88. The second kappa shape index (κ2) is 7.27. The van der Waals surface area contributed by atoms with Gasteiger partial charge in [0.1, 0.15) is 13.7 Å². The summed E-state index contributed by atoms with van der Waals surface area (Å²) >= 11 is 0. The van der Waals surface area contributed by atoms with Crippen LogP contribution in [-0.2, 0) is 22.0 Å². The van der Waals surface area contributed by atoms with Crippen molar-refractivity contribution >= 4 is 40.1 Å². The summed E-state index contributed by atoms with van der Waals surface area (Å²) in [5.41, 5.74) is 5.17. The van der Waals surface area contributed by atoms with Crippen molar-refractivity contribution in [3.63, 3.8) is 0 Å². The van der Waals surface area contributed by atoms with Gasteiger partial charge in [0.15, 0.2) is 0 Å². The first-order chi connectivity index (χ1) is 15.0. The van der Waals surface area contributed by atoms with E-state index in [0.29, 0.717) is 19.6 Å². The van der Waals surface area contributed by atoms with Crippen LogP contribution in [0.5, 0.6) is 0 Å². The topological polar surface area (TPSA) is 46.6 Å². The number of carbonyl (C=O) groups is 1. The largest absolute Gasteiger partial charge is 0.466 e. The first-order valence-corrected chi connectivity index (χ1v) is 10.5. The lowest BCUT2D eigenvalue weighted by molar-refractivity contribution is -0.652. The lowest BCUT2D eigenvalue weighted by atomic mass is 9.81. The number of oxazole rings is 1. The number of aryl methyl sites for hydroxylation is 1. The Bertz CT molecular complexity index is 1330. The Morgan fingerprint density at radius 2 is 1.84 bits per heavy atom. The predicted octanol–water partition coefficient (Wildman–Crippen LogP) is 4.72. The molecule has 0 aliphatic carbocycles. The maximum absolute atomic E-state index is 10.8. The van der Waals surface area contributed by atoms with Crippen LogP contribution in [0.4, 0.5) is 5.69 Å². The quantitative estimate of drug-likeness (QED) is 0.270. The molecule has 5 heteroatoms. The molecule has 156 valence electrons. The van der Waals surface area contributed by atoms with E-state index in [0.717, 1.165) is 28.4 Å². The molecule has 31 heavy (non-hydrogen) atoms. The molecule has 1 aromatic heterocycles. The van der Waals surface area contributed by atoms with E-state index >= 15 is 0 Å². The second-order valence-corrected chi connectivity index (χ2v) is 8.42. The maximum atomic E-state index is 10.8. The van der Waals surface area contributed by atoms with Crippen molar-refractivity contribution in [2.75, 3.05) is 18.1 Å². The van der Waals surface area contributed by atoms with Gasteiger partial charge >= 0.3 is 5.89 Å². The molecule has 5 rings (SSSR count). The number of aromatic nitrogens is 1. The Labute approximate surface area is 181 Å². The summed E-state index contributed by atoms with van der Waals surface area (Å²) in [5, 5.41) is 2.46. The Hall–Kier alpha value is -3.60. The Balaban J connectivity index is 1.72. The predicted molar refractivity (Wildman–Crippen MR) is 122 cm³/mol. The van der Waals surface area contributed by atoms with Gasteiger partial charge in [0, 0.05) is 22.9 Å². The number of hydrogen-bond donors (Lipinski definition) is 0. The molecule has 0 radical (unpaired) electrons. The standard InChI is InChI=1S/C26H25N2O3/c1-26(2)23(16-24-27(3)20-10-6-7-11-22(20)31-24)28(14-15-30-17-29)21-13-12-18-8-4-5-9-19(18)25(21)26/h4-13,16-17H,14-15H2,1-3H3/q+1. The molecule has 0 amide bonds. The van der Waals surface area contributed by atoms with Crippen molar-refractivity contribution in [3.8, 4) is 0 Å². The third-order valence-electron chi connectivity index (χ3n) is 6.29. The fourth-order valence-corrected chi connectivity index (χ4v) is 4.79. The molecule has 2 heterocycles. The molecule has 4 aromatic rings. The zero-order valence-corrected chi connectivity index (χ0v) is 18.0. The van der Waals surface area contributed by atoms with Crippen LogP contribution in [0.25, 0.3) is 27.9 Å². The molecule has 0 fully saturated rings. The van der Waals surface area contributed by atoms with Crippen LogP contribution in [0, 0.1) is 0 Å². The highest BCUT2D eigenvalue weighted by Gasteiger charge is 2.42. The molecule has 3 aromatic carbocycles.